The summed E-state index contributed by atoms with van der Waals surface area (Å²) in [4.78, 5) is 12.1. The lowest BCUT2D eigenvalue weighted by Gasteiger charge is -2.03. The Bertz CT molecular complexity index is 543. The first-order valence-electron chi connectivity index (χ1n) is 6.05. The maximum atomic E-state index is 12.1. The number of halogens is 1. The Morgan fingerprint density at radius 1 is 1.06 bits per heavy atom. The van der Waals surface area contributed by atoms with Crippen molar-refractivity contribution in [1.29, 1.82) is 0 Å². The van der Waals surface area contributed by atoms with Gasteiger partial charge in [0.25, 0.3) is 0 Å². The maximum Gasteiger partial charge on any atom is 0.167 e. The van der Waals surface area contributed by atoms with Crippen LogP contribution in [0.1, 0.15) is 28.4 Å². The SMILES string of the molecule is CCc1ccc(C(=O)Cc2cccc(Br)c2)cc1. The molecule has 0 atom stereocenters. The zero-order valence-electron chi connectivity index (χ0n) is 10.3. The molecule has 0 aliphatic rings. The van der Waals surface area contributed by atoms with E-state index >= 15 is 0 Å². The predicted molar refractivity (Wildman–Crippen MR) is 78.0 cm³/mol. The highest BCUT2D eigenvalue weighted by Crippen LogP contribution is 2.14. The molecule has 0 aliphatic carbocycles. The van der Waals surface area contributed by atoms with E-state index in [9.17, 15) is 4.79 Å². The van der Waals surface area contributed by atoms with Gasteiger partial charge in [0.2, 0.25) is 0 Å². The van der Waals surface area contributed by atoms with Gasteiger partial charge in [-0.15, -0.1) is 0 Å². The van der Waals surface area contributed by atoms with Crippen LogP contribution >= 0.6 is 15.9 Å². The third-order valence-electron chi connectivity index (χ3n) is 2.94. The normalized spacial score (nSPS) is 10.3. The molecule has 2 aromatic rings. The van der Waals surface area contributed by atoms with Crippen molar-refractivity contribution in [2.24, 2.45) is 0 Å². The molecule has 1 nitrogen and oxygen atoms in total. The van der Waals surface area contributed by atoms with Crippen molar-refractivity contribution in [3.8, 4) is 0 Å². The van der Waals surface area contributed by atoms with Crippen LogP contribution in [0.2, 0.25) is 0 Å². The number of carbonyl (C=O) groups is 1. The van der Waals surface area contributed by atoms with Gasteiger partial charge in [0.15, 0.2) is 5.78 Å². The van der Waals surface area contributed by atoms with E-state index in [-0.39, 0.29) is 5.78 Å². The second-order valence-corrected chi connectivity index (χ2v) is 5.20. The highest BCUT2D eigenvalue weighted by Gasteiger charge is 2.07. The lowest BCUT2D eigenvalue weighted by molar-refractivity contribution is 0.0993. The van der Waals surface area contributed by atoms with Gasteiger partial charge >= 0.3 is 0 Å². The highest BCUT2D eigenvalue weighted by molar-refractivity contribution is 9.10. The molecule has 0 saturated heterocycles. The van der Waals surface area contributed by atoms with E-state index in [4.69, 9.17) is 0 Å². The lowest BCUT2D eigenvalue weighted by Crippen LogP contribution is -2.03. The Morgan fingerprint density at radius 3 is 2.39 bits per heavy atom. The molecule has 0 saturated carbocycles. The zero-order valence-corrected chi connectivity index (χ0v) is 11.9. The van der Waals surface area contributed by atoms with E-state index in [2.05, 4.69) is 22.9 Å². The summed E-state index contributed by atoms with van der Waals surface area (Å²) in [5, 5.41) is 0. The van der Waals surface area contributed by atoms with E-state index < -0.39 is 0 Å². The minimum absolute atomic E-state index is 0.163. The molecule has 0 N–H and O–H groups in total. The molecule has 0 amide bonds. The maximum absolute atomic E-state index is 12.1. The number of hydrogen-bond donors (Lipinski definition) is 0. The number of aryl methyl sites for hydroxylation is 1. The van der Waals surface area contributed by atoms with Crippen molar-refractivity contribution in [3.05, 3.63) is 69.7 Å². The second kappa shape index (κ2) is 5.96. The summed E-state index contributed by atoms with van der Waals surface area (Å²) in [6, 6.07) is 15.7. The summed E-state index contributed by atoms with van der Waals surface area (Å²) in [5.41, 5.74) is 3.08. The number of rotatable bonds is 4. The van der Waals surface area contributed by atoms with E-state index in [1.807, 2.05) is 48.5 Å². The fraction of sp³-hybridized carbons (Fsp3) is 0.188. The average Bonchev–Trinajstić information content (AvgIpc) is 2.39. The molecule has 0 fully saturated rings. The molecule has 0 aromatic heterocycles. The molecular formula is C16H15BrO. The van der Waals surface area contributed by atoms with Crippen molar-refractivity contribution >= 4 is 21.7 Å². The summed E-state index contributed by atoms with van der Waals surface area (Å²) >= 11 is 3.42. The number of ketones is 1. The number of hydrogen-bond acceptors (Lipinski definition) is 1. The molecule has 2 aromatic carbocycles. The van der Waals surface area contributed by atoms with Gasteiger partial charge in [-0.3, -0.25) is 4.79 Å². The number of Topliss-reactive ketones (excluding diaryl/α,β-unsaturated/α-hetero) is 1. The summed E-state index contributed by atoms with van der Waals surface area (Å²) in [7, 11) is 0. The van der Waals surface area contributed by atoms with Crippen LogP contribution in [0.4, 0.5) is 0 Å². The van der Waals surface area contributed by atoms with Gasteiger partial charge in [0.05, 0.1) is 0 Å². The summed E-state index contributed by atoms with van der Waals surface area (Å²) in [5.74, 6) is 0.163. The minimum Gasteiger partial charge on any atom is -0.294 e. The zero-order chi connectivity index (χ0) is 13.0. The van der Waals surface area contributed by atoms with Crippen molar-refractivity contribution in [2.75, 3.05) is 0 Å². The molecule has 18 heavy (non-hydrogen) atoms. The Hall–Kier alpha value is -1.41. The Kier molecular flexibility index (Phi) is 4.32. The first-order chi connectivity index (χ1) is 8.69. The van der Waals surface area contributed by atoms with Crippen LogP contribution in [0.3, 0.4) is 0 Å². The van der Waals surface area contributed by atoms with Crippen molar-refractivity contribution in [1.82, 2.24) is 0 Å². The van der Waals surface area contributed by atoms with Crippen LogP contribution in [0.25, 0.3) is 0 Å². The Balaban J connectivity index is 2.11. The minimum atomic E-state index is 0.163. The van der Waals surface area contributed by atoms with Gasteiger partial charge in [-0.05, 0) is 29.7 Å². The standard InChI is InChI=1S/C16H15BrO/c1-2-12-6-8-14(9-7-12)16(18)11-13-4-3-5-15(17)10-13/h3-10H,2,11H2,1H3. The van der Waals surface area contributed by atoms with Gasteiger partial charge in [-0.2, -0.15) is 0 Å². The summed E-state index contributed by atoms with van der Waals surface area (Å²) in [6.45, 7) is 2.11. The topological polar surface area (TPSA) is 17.1 Å². The van der Waals surface area contributed by atoms with Gasteiger partial charge < -0.3 is 0 Å². The molecule has 0 spiro atoms. The van der Waals surface area contributed by atoms with E-state index in [0.717, 1.165) is 22.0 Å². The van der Waals surface area contributed by atoms with Crippen LogP contribution < -0.4 is 0 Å². The van der Waals surface area contributed by atoms with E-state index in [1.165, 1.54) is 5.56 Å². The average molecular weight is 303 g/mol. The molecule has 0 radical (unpaired) electrons. The smallest absolute Gasteiger partial charge is 0.167 e. The molecule has 2 heteroatoms. The number of carbonyl (C=O) groups excluding carboxylic acids is 1. The molecule has 0 aliphatic heterocycles. The largest absolute Gasteiger partial charge is 0.294 e. The fourth-order valence-corrected chi connectivity index (χ4v) is 2.31. The number of benzene rings is 2. The Morgan fingerprint density at radius 2 is 1.78 bits per heavy atom. The quantitative estimate of drug-likeness (QED) is 0.763. The lowest BCUT2D eigenvalue weighted by atomic mass is 10.0. The van der Waals surface area contributed by atoms with Crippen LogP contribution in [0.15, 0.2) is 53.0 Å². The summed E-state index contributed by atoms with van der Waals surface area (Å²) < 4.78 is 1.01. The van der Waals surface area contributed by atoms with Crippen LogP contribution in [0.5, 0.6) is 0 Å². The third-order valence-corrected chi connectivity index (χ3v) is 3.43. The molecule has 0 unspecified atom stereocenters. The van der Waals surface area contributed by atoms with Crippen molar-refractivity contribution < 1.29 is 4.79 Å². The van der Waals surface area contributed by atoms with E-state index in [0.29, 0.717) is 6.42 Å². The predicted octanol–water partition coefficient (Wildman–Crippen LogP) is 4.44. The van der Waals surface area contributed by atoms with Crippen LogP contribution in [0, 0.1) is 0 Å². The molecular weight excluding hydrogens is 288 g/mol. The first-order valence-corrected chi connectivity index (χ1v) is 6.85. The van der Waals surface area contributed by atoms with Gasteiger partial charge in [-0.25, -0.2) is 0 Å². The van der Waals surface area contributed by atoms with Gasteiger partial charge in [-0.1, -0.05) is 59.3 Å². The van der Waals surface area contributed by atoms with Gasteiger partial charge in [0.1, 0.15) is 0 Å². The molecule has 0 heterocycles. The van der Waals surface area contributed by atoms with Crippen LogP contribution in [-0.4, -0.2) is 5.78 Å². The monoisotopic (exact) mass is 302 g/mol. The fourth-order valence-electron chi connectivity index (χ4n) is 1.86. The summed E-state index contributed by atoms with van der Waals surface area (Å²) in [6.07, 6.45) is 1.45. The highest BCUT2D eigenvalue weighted by atomic mass is 79.9. The first kappa shape index (κ1) is 13.0. The van der Waals surface area contributed by atoms with E-state index in [1.54, 1.807) is 0 Å². The third kappa shape index (κ3) is 3.30. The Labute approximate surface area is 116 Å². The molecule has 92 valence electrons. The van der Waals surface area contributed by atoms with Gasteiger partial charge in [0, 0.05) is 16.5 Å². The molecule has 2 rings (SSSR count). The van der Waals surface area contributed by atoms with Crippen LogP contribution in [-0.2, 0) is 12.8 Å². The second-order valence-electron chi connectivity index (χ2n) is 4.28. The molecule has 0 bridgehead atoms. The van der Waals surface area contributed by atoms with Crippen molar-refractivity contribution in [2.45, 2.75) is 19.8 Å². The van der Waals surface area contributed by atoms with Crippen molar-refractivity contribution in [3.63, 3.8) is 0 Å².